The van der Waals surface area contributed by atoms with Crippen LogP contribution in [-0.2, 0) is 17.2 Å². The molecule has 0 aliphatic heterocycles. The normalized spacial score (nSPS) is 12.0. The van der Waals surface area contributed by atoms with Gasteiger partial charge in [0.25, 0.3) is 0 Å². The van der Waals surface area contributed by atoms with Gasteiger partial charge in [0.15, 0.2) is 0 Å². The van der Waals surface area contributed by atoms with E-state index in [0.29, 0.717) is 30.0 Å². The van der Waals surface area contributed by atoms with Gasteiger partial charge in [-0.2, -0.15) is 0 Å². The van der Waals surface area contributed by atoms with Gasteiger partial charge in [-0.05, 0) is 0 Å². The number of rotatable bonds is 5. The molecule has 0 aromatic heterocycles. The van der Waals surface area contributed by atoms with Crippen molar-refractivity contribution >= 4 is 23.4 Å². The first-order valence-electron chi connectivity index (χ1n) is 2.72. The van der Waals surface area contributed by atoms with Crippen molar-refractivity contribution in [3.63, 3.8) is 0 Å². The summed E-state index contributed by atoms with van der Waals surface area (Å²) >= 11 is 0.701. The van der Waals surface area contributed by atoms with Gasteiger partial charge < -0.3 is 0 Å². The van der Waals surface area contributed by atoms with Crippen LogP contribution in [0.4, 0.5) is 0 Å². The van der Waals surface area contributed by atoms with Crippen LogP contribution in [0.2, 0.25) is 0 Å². The van der Waals surface area contributed by atoms with Crippen LogP contribution in [0.1, 0.15) is 0 Å². The quantitative estimate of drug-likeness (QED) is 0.475. The van der Waals surface area contributed by atoms with Gasteiger partial charge in [-0.1, -0.05) is 0 Å². The molecule has 62 valence electrons. The number of methoxy groups -OCH3 is 3. The molecule has 0 radical (unpaired) electrons. The Labute approximate surface area is 74.8 Å². The number of hydrogen-bond acceptors (Lipinski definition) is 4. The molecule has 0 aliphatic rings. The predicted octanol–water partition coefficient (Wildman–Crippen LogP) is -0.856. The first kappa shape index (κ1) is 10.7. The second-order valence-electron chi connectivity index (χ2n) is 1.61. The van der Waals surface area contributed by atoms with Crippen LogP contribution in [0.15, 0.2) is 0 Å². The van der Waals surface area contributed by atoms with Gasteiger partial charge in [-0.15, -0.1) is 0 Å². The minimum absolute atomic E-state index is 0.304. The third-order valence-corrected chi connectivity index (χ3v) is 1.67. The second-order valence-corrected chi connectivity index (χ2v) is 2.56. The molecule has 0 unspecified atom stereocenters. The van der Waals surface area contributed by atoms with Gasteiger partial charge in [-0.25, -0.2) is 0 Å². The zero-order chi connectivity index (χ0) is 8.04. The molecule has 10 heavy (non-hydrogen) atoms. The molecule has 0 amide bonds. The summed E-state index contributed by atoms with van der Waals surface area (Å²) in [6.45, 7) is 0.304. The van der Waals surface area contributed by atoms with Crippen molar-refractivity contribution in [2.45, 2.75) is 5.97 Å². The summed E-state index contributed by atoms with van der Waals surface area (Å²) in [5.41, 5.74) is 0. The zero-order valence-corrected chi connectivity index (χ0v) is 9.71. The number of ether oxygens (including phenoxy) is 3. The van der Waals surface area contributed by atoms with E-state index < -0.39 is 5.97 Å². The molecule has 0 saturated carbocycles. The molecule has 5 heteroatoms. The molecule has 0 aromatic rings. The van der Waals surface area contributed by atoms with Gasteiger partial charge in [0.1, 0.15) is 0 Å². The SMILES string of the molecule is COC(C[O][SbH2])(OC)OC. The Kier molecular flexibility index (Phi) is 5.68. The van der Waals surface area contributed by atoms with Crippen molar-refractivity contribution < 1.29 is 17.2 Å². The van der Waals surface area contributed by atoms with Crippen LogP contribution in [0, 0.1) is 0 Å². The molecule has 0 bridgehead atoms. The monoisotopic (exact) mass is 258 g/mol. The average Bonchev–Trinajstić information content (AvgIpc) is 2.01. The molecule has 0 aliphatic carbocycles. The summed E-state index contributed by atoms with van der Waals surface area (Å²) in [7, 11) is 4.52. The van der Waals surface area contributed by atoms with Crippen LogP contribution >= 0.6 is 0 Å². The van der Waals surface area contributed by atoms with E-state index >= 15 is 0 Å². The van der Waals surface area contributed by atoms with Crippen molar-refractivity contribution in [1.82, 2.24) is 0 Å². The summed E-state index contributed by atoms with van der Waals surface area (Å²) in [5, 5.41) is 0. The Balaban J connectivity index is 3.87. The van der Waals surface area contributed by atoms with Gasteiger partial charge in [0, 0.05) is 0 Å². The molecule has 4 nitrogen and oxygen atoms in total. The first-order chi connectivity index (χ1) is 4.74. The van der Waals surface area contributed by atoms with Gasteiger partial charge in [0.05, 0.1) is 0 Å². The first-order valence-corrected chi connectivity index (χ1v) is 4.06. The molecular formula is C5H13O4Sb. The fourth-order valence-corrected chi connectivity index (χ4v) is 1.11. The third kappa shape index (κ3) is 2.72. The molecular weight excluding hydrogens is 246 g/mol. The van der Waals surface area contributed by atoms with E-state index in [4.69, 9.17) is 17.2 Å². The second kappa shape index (κ2) is 5.33. The van der Waals surface area contributed by atoms with Crippen LogP contribution in [-0.4, -0.2) is 57.4 Å². The van der Waals surface area contributed by atoms with E-state index in [2.05, 4.69) is 0 Å². The van der Waals surface area contributed by atoms with Crippen LogP contribution in [0.3, 0.4) is 0 Å². The van der Waals surface area contributed by atoms with Crippen molar-refractivity contribution in [3.8, 4) is 0 Å². The molecule has 0 atom stereocenters. The Morgan fingerprint density at radius 1 is 1.10 bits per heavy atom. The van der Waals surface area contributed by atoms with E-state index in [-0.39, 0.29) is 0 Å². The van der Waals surface area contributed by atoms with E-state index in [9.17, 15) is 0 Å². The minimum atomic E-state index is -1.01. The van der Waals surface area contributed by atoms with E-state index in [1.165, 1.54) is 21.3 Å². The average molecular weight is 259 g/mol. The Hall–Kier alpha value is 0.658. The van der Waals surface area contributed by atoms with E-state index in [1.54, 1.807) is 0 Å². The van der Waals surface area contributed by atoms with Crippen molar-refractivity contribution in [2.24, 2.45) is 0 Å². The van der Waals surface area contributed by atoms with Crippen LogP contribution < -0.4 is 0 Å². The molecule has 0 heterocycles. The Bertz CT molecular complexity index is 75.5. The maximum absolute atomic E-state index is 4.94. The van der Waals surface area contributed by atoms with Crippen LogP contribution in [0.25, 0.3) is 0 Å². The summed E-state index contributed by atoms with van der Waals surface area (Å²) in [4.78, 5) is 0. The summed E-state index contributed by atoms with van der Waals surface area (Å²) in [6.07, 6.45) is 0. The predicted molar refractivity (Wildman–Crippen MR) is 38.3 cm³/mol. The summed E-state index contributed by atoms with van der Waals surface area (Å²) < 4.78 is 19.7. The topological polar surface area (TPSA) is 36.9 Å². The molecule has 0 aromatic carbocycles. The molecule has 0 N–H and O–H groups in total. The summed E-state index contributed by atoms with van der Waals surface area (Å²) in [6, 6.07) is 0. The molecule has 0 saturated heterocycles. The molecule has 0 rings (SSSR count). The van der Waals surface area contributed by atoms with E-state index in [1.807, 2.05) is 0 Å². The van der Waals surface area contributed by atoms with Gasteiger partial charge in [0.2, 0.25) is 0 Å². The van der Waals surface area contributed by atoms with Gasteiger partial charge in [-0.3, -0.25) is 0 Å². The van der Waals surface area contributed by atoms with Crippen LogP contribution in [0.5, 0.6) is 0 Å². The van der Waals surface area contributed by atoms with Gasteiger partial charge >= 0.3 is 74.6 Å². The number of hydrogen-bond donors (Lipinski definition) is 0. The van der Waals surface area contributed by atoms with Crippen molar-refractivity contribution in [1.29, 1.82) is 0 Å². The Morgan fingerprint density at radius 3 is 1.60 bits per heavy atom. The molecule has 0 spiro atoms. The third-order valence-electron chi connectivity index (χ3n) is 1.19. The zero-order valence-electron chi connectivity index (χ0n) is 6.42. The maximum atomic E-state index is 4.94. The summed E-state index contributed by atoms with van der Waals surface area (Å²) in [5.74, 6) is -1.01. The fourth-order valence-electron chi connectivity index (χ4n) is 0.529. The molecule has 0 fully saturated rings. The Morgan fingerprint density at radius 2 is 1.50 bits per heavy atom. The van der Waals surface area contributed by atoms with Crippen molar-refractivity contribution in [2.75, 3.05) is 27.9 Å². The standard InChI is InChI=1S/C5H11O4.Sb.2H/c1-7-5(4-6,8-2)9-3;;;/h4H2,1-3H3;;;/q-1;+1;;. The van der Waals surface area contributed by atoms with E-state index in [0.717, 1.165) is 0 Å². The fraction of sp³-hybridized carbons (Fsp3) is 1.00. The van der Waals surface area contributed by atoms with Crippen molar-refractivity contribution in [3.05, 3.63) is 0 Å².